The van der Waals surface area contributed by atoms with E-state index in [4.69, 9.17) is 4.74 Å². The van der Waals surface area contributed by atoms with Crippen molar-refractivity contribution in [2.75, 3.05) is 6.61 Å². The van der Waals surface area contributed by atoms with Crippen molar-refractivity contribution in [3.63, 3.8) is 0 Å². The molecule has 0 spiro atoms. The largest absolute Gasteiger partial charge is 0.414 e. The Morgan fingerprint density at radius 2 is 1.93 bits per heavy atom. The van der Waals surface area contributed by atoms with Crippen LogP contribution in [0.15, 0.2) is 12.2 Å². The highest BCUT2D eigenvalue weighted by Crippen LogP contribution is 2.45. The molecule has 82 valence electrons. The van der Waals surface area contributed by atoms with E-state index in [9.17, 15) is 18.3 Å². The number of ether oxygens (including phenoxy) is 1. The smallest absolute Gasteiger partial charge is 0.382 e. The third-order valence-corrected chi connectivity index (χ3v) is 2.76. The molecule has 0 aromatic rings. The number of hydrogen-bond donors (Lipinski definition) is 1. The van der Waals surface area contributed by atoms with E-state index in [1.165, 1.54) is 13.8 Å². The van der Waals surface area contributed by atoms with Crippen molar-refractivity contribution < 1.29 is 23.0 Å². The van der Waals surface area contributed by atoms with Gasteiger partial charge in [0.1, 0.15) is 5.60 Å². The topological polar surface area (TPSA) is 29.5 Å². The lowest BCUT2D eigenvalue weighted by Gasteiger charge is -2.37. The summed E-state index contributed by atoms with van der Waals surface area (Å²) in [6.07, 6.45) is -4.65. The summed E-state index contributed by atoms with van der Waals surface area (Å²) in [5, 5.41) is 9.88. The molecule has 14 heavy (non-hydrogen) atoms. The van der Waals surface area contributed by atoms with Crippen molar-refractivity contribution in [2.24, 2.45) is 0 Å². The predicted molar refractivity (Wildman–Crippen MR) is 44.8 cm³/mol. The van der Waals surface area contributed by atoms with Crippen molar-refractivity contribution in [3.8, 4) is 0 Å². The molecule has 1 rings (SSSR count). The van der Waals surface area contributed by atoms with Crippen LogP contribution in [0.4, 0.5) is 13.2 Å². The fraction of sp³-hybridized carbons (Fsp3) is 0.778. The van der Waals surface area contributed by atoms with Crippen molar-refractivity contribution in [1.82, 2.24) is 0 Å². The van der Waals surface area contributed by atoms with Gasteiger partial charge in [0.05, 0.1) is 17.8 Å². The maximum atomic E-state index is 12.4. The van der Waals surface area contributed by atoms with Gasteiger partial charge in [-0.05, 0) is 13.8 Å². The van der Waals surface area contributed by atoms with Gasteiger partial charge in [0, 0.05) is 6.42 Å². The number of halogens is 3. The molecule has 1 N–H and O–H groups in total. The lowest BCUT2D eigenvalue weighted by molar-refractivity contribution is -0.147. The van der Waals surface area contributed by atoms with Crippen LogP contribution in [0.2, 0.25) is 0 Å². The molecule has 1 aliphatic rings. The normalized spacial score (nSPS) is 31.9. The number of hydrogen-bond acceptors (Lipinski definition) is 2. The molecular weight excluding hydrogens is 197 g/mol. The number of aliphatic hydroxyl groups is 1. The van der Waals surface area contributed by atoms with Gasteiger partial charge in [-0.1, -0.05) is 6.58 Å². The third-order valence-electron chi connectivity index (χ3n) is 2.76. The van der Waals surface area contributed by atoms with E-state index in [-0.39, 0.29) is 13.0 Å². The van der Waals surface area contributed by atoms with Crippen LogP contribution >= 0.6 is 0 Å². The van der Waals surface area contributed by atoms with Gasteiger partial charge in [0.15, 0.2) is 0 Å². The Kier molecular flexibility index (Phi) is 2.44. The summed E-state index contributed by atoms with van der Waals surface area (Å²) < 4.78 is 42.2. The molecule has 5 heteroatoms. The van der Waals surface area contributed by atoms with Crippen molar-refractivity contribution >= 4 is 0 Å². The van der Waals surface area contributed by atoms with Gasteiger partial charge in [0.2, 0.25) is 0 Å². The molecule has 0 amide bonds. The molecule has 0 saturated carbocycles. The average molecular weight is 210 g/mol. The Balaban J connectivity index is 3.02. The monoisotopic (exact) mass is 210 g/mol. The van der Waals surface area contributed by atoms with Crippen LogP contribution in [0, 0.1) is 0 Å². The number of rotatable bonds is 1. The maximum absolute atomic E-state index is 12.4. The molecular formula is C9H13F3O2. The van der Waals surface area contributed by atoms with Crippen molar-refractivity contribution in [1.29, 1.82) is 0 Å². The lowest BCUT2D eigenvalue weighted by atomic mass is 9.79. The quantitative estimate of drug-likeness (QED) is 0.671. The lowest BCUT2D eigenvalue weighted by Crippen LogP contribution is -2.50. The molecule has 0 aromatic heterocycles. The summed E-state index contributed by atoms with van der Waals surface area (Å²) >= 11 is 0. The third kappa shape index (κ3) is 1.54. The van der Waals surface area contributed by atoms with Crippen LogP contribution in [0.3, 0.4) is 0 Å². The van der Waals surface area contributed by atoms with Gasteiger partial charge in [-0.15, -0.1) is 0 Å². The van der Waals surface area contributed by atoms with Crippen LogP contribution < -0.4 is 0 Å². The minimum absolute atomic E-state index is 0.0711. The first kappa shape index (κ1) is 11.5. The second kappa shape index (κ2) is 2.97. The average Bonchev–Trinajstić information content (AvgIpc) is 2.24. The first-order valence-corrected chi connectivity index (χ1v) is 4.24. The van der Waals surface area contributed by atoms with E-state index in [1.807, 2.05) is 0 Å². The molecule has 0 bridgehead atoms. The summed E-state index contributed by atoms with van der Waals surface area (Å²) in [6, 6.07) is 0. The van der Waals surface area contributed by atoms with E-state index < -0.39 is 23.0 Å². The highest BCUT2D eigenvalue weighted by Gasteiger charge is 2.57. The molecule has 0 aliphatic carbocycles. The second-order valence-electron chi connectivity index (χ2n) is 3.95. The number of alkyl halides is 3. The van der Waals surface area contributed by atoms with Crippen LogP contribution in [-0.4, -0.2) is 29.1 Å². The highest BCUT2D eigenvalue weighted by atomic mass is 19.4. The molecule has 1 aliphatic heterocycles. The molecule has 1 atom stereocenters. The van der Waals surface area contributed by atoms with Gasteiger partial charge >= 0.3 is 6.18 Å². The van der Waals surface area contributed by atoms with Crippen LogP contribution in [-0.2, 0) is 4.74 Å². The summed E-state index contributed by atoms with van der Waals surface area (Å²) in [5.41, 5.74) is -4.38. The zero-order valence-electron chi connectivity index (χ0n) is 8.11. The Bertz CT molecular complexity index is 257. The first-order valence-electron chi connectivity index (χ1n) is 4.24. The highest BCUT2D eigenvalue weighted by molar-refractivity contribution is 5.25. The Labute approximate surface area is 80.4 Å². The van der Waals surface area contributed by atoms with Crippen LogP contribution in [0.25, 0.3) is 0 Å². The second-order valence-corrected chi connectivity index (χ2v) is 3.95. The zero-order valence-corrected chi connectivity index (χ0v) is 8.11. The molecule has 0 radical (unpaired) electrons. The Morgan fingerprint density at radius 3 is 2.21 bits per heavy atom. The van der Waals surface area contributed by atoms with Gasteiger partial charge in [-0.2, -0.15) is 13.2 Å². The summed E-state index contributed by atoms with van der Waals surface area (Å²) in [6.45, 7) is 5.89. The molecule has 1 heterocycles. The van der Waals surface area contributed by atoms with Gasteiger partial charge in [-0.25, -0.2) is 0 Å². The van der Waals surface area contributed by atoms with Gasteiger partial charge in [0.25, 0.3) is 0 Å². The molecule has 2 nitrogen and oxygen atoms in total. The Morgan fingerprint density at radius 1 is 1.43 bits per heavy atom. The minimum Gasteiger partial charge on any atom is -0.382 e. The Hall–Kier alpha value is -0.550. The van der Waals surface area contributed by atoms with Gasteiger partial charge < -0.3 is 9.84 Å². The molecule has 1 unspecified atom stereocenters. The summed E-state index contributed by atoms with van der Waals surface area (Å²) in [5.74, 6) is 0. The SMILES string of the molecule is C=C(C(F)(F)F)C1(O)CCOC1(C)C. The molecule has 1 fully saturated rings. The van der Waals surface area contributed by atoms with E-state index in [1.54, 1.807) is 0 Å². The summed E-state index contributed by atoms with van der Waals surface area (Å²) in [7, 11) is 0. The zero-order chi connectivity index (χ0) is 11.2. The van der Waals surface area contributed by atoms with E-state index >= 15 is 0 Å². The fourth-order valence-electron chi connectivity index (χ4n) is 1.62. The van der Waals surface area contributed by atoms with E-state index in [2.05, 4.69) is 6.58 Å². The standard InChI is InChI=1S/C9H13F3O2/c1-6(9(10,11)12)8(13)4-5-14-7(8,2)3/h13H,1,4-5H2,2-3H3. The van der Waals surface area contributed by atoms with Crippen molar-refractivity contribution in [3.05, 3.63) is 12.2 Å². The van der Waals surface area contributed by atoms with E-state index in [0.717, 1.165) is 0 Å². The van der Waals surface area contributed by atoms with Gasteiger partial charge in [-0.3, -0.25) is 0 Å². The fourth-order valence-corrected chi connectivity index (χ4v) is 1.62. The molecule has 0 aromatic carbocycles. The predicted octanol–water partition coefficient (Wildman–Crippen LogP) is 2.03. The van der Waals surface area contributed by atoms with E-state index in [0.29, 0.717) is 0 Å². The van der Waals surface area contributed by atoms with Crippen LogP contribution in [0.1, 0.15) is 20.3 Å². The van der Waals surface area contributed by atoms with Crippen LogP contribution in [0.5, 0.6) is 0 Å². The minimum atomic E-state index is -4.58. The maximum Gasteiger partial charge on any atom is 0.414 e. The molecule has 1 saturated heterocycles. The first-order chi connectivity index (χ1) is 6.11. The summed E-state index contributed by atoms with van der Waals surface area (Å²) in [4.78, 5) is 0. The van der Waals surface area contributed by atoms with Crippen molar-refractivity contribution in [2.45, 2.75) is 37.6 Å².